The van der Waals surface area contributed by atoms with Crippen LogP contribution in [0.15, 0.2) is 36.5 Å². The highest BCUT2D eigenvalue weighted by Crippen LogP contribution is 2.39. The summed E-state index contributed by atoms with van der Waals surface area (Å²) in [5.74, 6) is -0.175. The lowest BCUT2D eigenvalue weighted by molar-refractivity contribution is 0.0159. The molecule has 1 aliphatic heterocycles. The molecule has 21 heavy (non-hydrogen) atoms. The third-order valence-corrected chi connectivity index (χ3v) is 4.00. The van der Waals surface area contributed by atoms with E-state index in [-0.39, 0.29) is 18.0 Å². The van der Waals surface area contributed by atoms with E-state index < -0.39 is 6.10 Å². The fraction of sp³-hybridized carbons (Fsp3) is 0.353. The second-order valence-electron chi connectivity index (χ2n) is 5.80. The summed E-state index contributed by atoms with van der Waals surface area (Å²) >= 11 is 0. The lowest BCUT2D eigenvalue weighted by Gasteiger charge is -2.18. The van der Waals surface area contributed by atoms with Crippen LogP contribution in [0.1, 0.15) is 42.3 Å². The number of esters is 1. The number of hydrogen-bond acceptors (Lipinski definition) is 3. The monoisotopic (exact) mass is 285 g/mol. The van der Waals surface area contributed by atoms with Gasteiger partial charge in [0.2, 0.25) is 0 Å². The Balaban J connectivity index is 1.93. The predicted octanol–water partition coefficient (Wildman–Crippen LogP) is 3.30. The number of H-pyrrole nitrogens is 1. The zero-order chi connectivity index (χ0) is 15.0. The molecule has 2 atom stereocenters. The Morgan fingerprint density at radius 1 is 1.29 bits per heavy atom. The number of carbonyl (C=O) groups is 1. The van der Waals surface area contributed by atoms with Crippen molar-refractivity contribution in [2.45, 2.75) is 32.5 Å². The van der Waals surface area contributed by atoms with Gasteiger partial charge in [-0.15, -0.1) is 0 Å². The molecule has 2 N–H and O–H groups in total. The van der Waals surface area contributed by atoms with Crippen LogP contribution in [0.5, 0.6) is 0 Å². The first kappa shape index (κ1) is 13.9. The molecular formula is C17H19NO3. The van der Waals surface area contributed by atoms with E-state index in [1.54, 1.807) is 0 Å². The number of hydrogen-bond donors (Lipinski definition) is 2. The molecule has 0 amide bonds. The summed E-state index contributed by atoms with van der Waals surface area (Å²) in [6.45, 7) is 3.91. The van der Waals surface area contributed by atoms with Crippen LogP contribution in [0.2, 0.25) is 0 Å². The average molecular weight is 285 g/mol. The Hall–Kier alpha value is -2.07. The lowest BCUT2D eigenvalue weighted by Crippen LogP contribution is -2.18. The number of rotatable bonds is 4. The van der Waals surface area contributed by atoms with Crippen molar-refractivity contribution in [3.8, 4) is 11.3 Å². The molecule has 1 aliphatic rings. The van der Waals surface area contributed by atoms with Crippen molar-refractivity contribution in [1.82, 2.24) is 4.98 Å². The lowest BCUT2D eigenvalue weighted by atomic mass is 9.97. The standard InChI is InChI=1S/C17H19NO3/c1-10(2)13(19)8-14-12-9-18-16(15(12)17(20)21-14)11-6-4-3-5-7-11/h3-7,9-10,13-14,18-19H,8H2,1-2H3/t13-,14-/m0/s1. The van der Waals surface area contributed by atoms with Crippen molar-refractivity contribution >= 4 is 5.97 Å². The van der Waals surface area contributed by atoms with Crippen LogP contribution in [0.3, 0.4) is 0 Å². The Morgan fingerprint density at radius 2 is 2.00 bits per heavy atom. The first-order chi connectivity index (χ1) is 10.1. The smallest absolute Gasteiger partial charge is 0.341 e. The Bertz CT molecular complexity index is 645. The molecular weight excluding hydrogens is 266 g/mol. The first-order valence-corrected chi connectivity index (χ1v) is 7.23. The minimum absolute atomic E-state index is 0.139. The van der Waals surface area contributed by atoms with Crippen molar-refractivity contribution in [2.24, 2.45) is 5.92 Å². The highest BCUT2D eigenvalue weighted by molar-refractivity contribution is 6.00. The summed E-state index contributed by atoms with van der Waals surface area (Å²) < 4.78 is 5.44. The molecule has 0 fully saturated rings. The average Bonchev–Trinajstić information content (AvgIpc) is 3.02. The predicted molar refractivity (Wildman–Crippen MR) is 79.8 cm³/mol. The molecule has 4 nitrogen and oxygen atoms in total. The highest BCUT2D eigenvalue weighted by atomic mass is 16.5. The van der Waals surface area contributed by atoms with Gasteiger partial charge in [0, 0.05) is 18.2 Å². The van der Waals surface area contributed by atoms with Gasteiger partial charge in [-0.05, 0) is 11.5 Å². The number of aliphatic hydroxyl groups excluding tert-OH is 1. The van der Waals surface area contributed by atoms with Gasteiger partial charge in [-0.3, -0.25) is 0 Å². The van der Waals surface area contributed by atoms with Gasteiger partial charge >= 0.3 is 5.97 Å². The Kier molecular flexibility index (Phi) is 3.55. The van der Waals surface area contributed by atoms with Crippen LogP contribution in [0.4, 0.5) is 0 Å². The largest absolute Gasteiger partial charge is 0.454 e. The third kappa shape index (κ3) is 2.47. The van der Waals surface area contributed by atoms with Crippen LogP contribution in [-0.2, 0) is 4.74 Å². The van der Waals surface area contributed by atoms with Crippen molar-refractivity contribution in [2.75, 3.05) is 0 Å². The molecule has 2 heterocycles. The van der Waals surface area contributed by atoms with Gasteiger partial charge in [0.1, 0.15) is 6.10 Å². The molecule has 0 saturated heterocycles. The van der Waals surface area contributed by atoms with E-state index in [1.807, 2.05) is 50.4 Å². The molecule has 0 spiro atoms. The summed E-state index contributed by atoms with van der Waals surface area (Å²) in [5, 5.41) is 10.0. The maximum Gasteiger partial charge on any atom is 0.341 e. The van der Waals surface area contributed by atoms with Gasteiger partial charge in [0.05, 0.1) is 17.4 Å². The van der Waals surface area contributed by atoms with Crippen molar-refractivity contribution in [1.29, 1.82) is 0 Å². The minimum Gasteiger partial charge on any atom is -0.454 e. The molecule has 0 bridgehead atoms. The SMILES string of the molecule is CC(C)[C@@H](O)C[C@@H]1OC(=O)c2c1c[nH]c2-c1ccccc1. The molecule has 0 unspecified atom stereocenters. The molecule has 2 aromatic rings. The van der Waals surface area contributed by atoms with Crippen molar-refractivity contribution < 1.29 is 14.6 Å². The normalized spacial score (nSPS) is 18.7. The van der Waals surface area contributed by atoms with Crippen molar-refractivity contribution in [3.05, 3.63) is 47.7 Å². The first-order valence-electron chi connectivity index (χ1n) is 7.23. The Labute approximate surface area is 123 Å². The number of cyclic esters (lactones) is 1. The van der Waals surface area contributed by atoms with Crippen LogP contribution >= 0.6 is 0 Å². The molecule has 110 valence electrons. The molecule has 4 heteroatoms. The van der Waals surface area contributed by atoms with Gasteiger partial charge in [-0.1, -0.05) is 44.2 Å². The molecule has 1 aromatic carbocycles. The third-order valence-electron chi connectivity index (χ3n) is 4.00. The van der Waals surface area contributed by atoms with Crippen LogP contribution in [0, 0.1) is 5.92 Å². The second kappa shape index (κ2) is 5.37. The van der Waals surface area contributed by atoms with Gasteiger partial charge in [-0.2, -0.15) is 0 Å². The molecule has 0 saturated carbocycles. The minimum atomic E-state index is -0.483. The van der Waals surface area contributed by atoms with E-state index >= 15 is 0 Å². The summed E-state index contributed by atoms with van der Waals surface area (Å²) in [4.78, 5) is 15.3. The van der Waals surface area contributed by atoms with E-state index in [4.69, 9.17) is 4.74 Å². The number of aliphatic hydroxyl groups is 1. The molecule has 0 radical (unpaired) electrons. The number of benzene rings is 1. The summed E-state index contributed by atoms with van der Waals surface area (Å²) in [7, 11) is 0. The number of aromatic amines is 1. The fourth-order valence-corrected chi connectivity index (χ4v) is 2.66. The molecule has 1 aromatic heterocycles. The maximum atomic E-state index is 12.2. The number of aromatic nitrogens is 1. The summed E-state index contributed by atoms with van der Waals surface area (Å²) in [6, 6.07) is 9.71. The molecule has 0 aliphatic carbocycles. The van der Waals surface area contributed by atoms with Gasteiger partial charge in [0.15, 0.2) is 0 Å². The quantitative estimate of drug-likeness (QED) is 0.847. The zero-order valence-electron chi connectivity index (χ0n) is 12.2. The van der Waals surface area contributed by atoms with E-state index in [0.29, 0.717) is 12.0 Å². The highest BCUT2D eigenvalue weighted by Gasteiger charge is 2.36. The van der Waals surface area contributed by atoms with E-state index in [2.05, 4.69) is 4.98 Å². The summed E-state index contributed by atoms with van der Waals surface area (Å²) in [5.41, 5.74) is 3.19. The Morgan fingerprint density at radius 3 is 2.67 bits per heavy atom. The van der Waals surface area contributed by atoms with E-state index in [1.165, 1.54) is 0 Å². The van der Waals surface area contributed by atoms with Crippen molar-refractivity contribution in [3.63, 3.8) is 0 Å². The van der Waals surface area contributed by atoms with Gasteiger partial charge in [0.25, 0.3) is 0 Å². The topological polar surface area (TPSA) is 62.3 Å². The number of nitrogens with one attached hydrogen (secondary N) is 1. The van der Waals surface area contributed by atoms with Crippen LogP contribution in [-0.4, -0.2) is 22.2 Å². The fourth-order valence-electron chi connectivity index (χ4n) is 2.66. The summed E-state index contributed by atoms with van der Waals surface area (Å²) in [6.07, 6.45) is 1.41. The van der Waals surface area contributed by atoms with E-state index in [0.717, 1.165) is 16.8 Å². The van der Waals surface area contributed by atoms with Crippen LogP contribution in [0.25, 0.3) is 11.3 Å². The zero-order valence-corrected chi connectivity index (χ0v) is 12.2. The van der Waals surface area contributed by atoms with Crippen LogP contribution < -0.4 is 0 Å². The van der Waals surface area contributed by atoms with E-state index in [9.17, 15) is 9.90 Å². The molecule has 3 rings (SSSR count). The van der Waals surface area contributed by atoms with Gasteiger partial charge in [-0.25, -0.2) is 4.79 Å². The second-order valence-corrected chi connectivity index (χ2v) is 5.80. The van der Waals surface area contributed by atoms with Gasteiger partial charge < -0.3 is 14.8 Å². The number of fused-ring (bicyclic) bond motifs is 1. The number of ether oxygens (including phenoxy) is 1. The number of carbonyl (C=O) groups excluding carboxylic acids is 1. The maximum absolute atomic E-state index is 12.2.